The first-order chi connectivity index (χ1) is 13.6. The van der Waals surface area contributed by atoms with E-state index in [1.54, 1.807) is 24.3 Å². The van der Waals surface area contributed by atoms with Crippen LogP contribution in [-0.4, -0.2) is 22.1 Å². The van der Waals surface area contributed by atoms with Crippen molar-refractivity contribution in [2.24, 2.45) is 0 Å². The molecule has 0 saturated carbocycles. The first kappa shape index (κ1) is 21.5. The highest BCUT2D eigenvalue weighted by Crippen LogP contribution is 2.26. The minimum absolute atomic E-state index is 0.147. The maximum atomic E-state index is 12.8. The molecule has 0 saturated heterocycles. The number of aryl methyl sites for hydroxylation is 1. The van der Waals surface area contributed by atoms with E-state index < -0.39 is 11.5 Å². The van der Waals surface area contributed by atoms with Gasteiger partial charge >= 0.3 is 0 Å². The second-order valence-electron chi connectivity index (χ2n) is 6.98. The van der Waals surface area contributed by atoms with Crippen molar-refractivity contribution < 1.29 is 9.90 Å². The van der Waals surface area contributed by atoms with E-state index in [1.807, 2.05) is 6.07 Å². The second-order valence-corrected chi connectivity index (χ2v) is 6.98. The number of para-hydroxylation sites is 1. The number of amides is 1. The van der Waals surface area contributed by atoms with Crippen LogP contribution < -0.4 is 10.9 Å². The van der Waals surface area contributed by atoms with Crippen molar-refractivity contribution in [1.82, 2.24) is 9.88 Å². The zero-order valence-electron chi connectivity index (χ0n) is 16.5. The fourth-order valence-electron chi connectivity index (χ4n) is 3.35. The molecule has 0 spiro atoms. The first-order valence-corrected chi connectivity index (χ1v) is 10.1. The van der Waals surface area contributed by atoms with Crippen LogP contribution in [-0.2, 0) is 6.54 Å². The zero-order chi connectivity index (χ0) is 20.4. The van der Waals surface area contributed by atoms with Gasteiger partial charge in [0, 0.05) is 18.5 Å². The van der Waals surface area contributed by atoms with Gasteiger partial charge in [-0.05, 0) is 18.6 Å². The Morgan fingerprint density at radius 2 is 1.82 bits per heavy atom. The molecule has 0 aliphatic rings. The molecule has 0 atom stereocenters. The molecule has 1 heterocycles. The van der Waals surface area contributed by atoms with E-state index in [0.29, 0.717) is 17.4 Å². The highest BCUT2D eigenvalue weighted by Gasteiger charge is 2.21. The van der Waals surface area contributed by atoms with E-state index in [1.165, 1.54) is 30.3 Å². The minimum atomic E-state index is -0.566. The van der Waals surface area contributed by atoms with Crippen molar-refractivity contribution in [2.75, 3.05) is 6.54 Å². The standard InChI is InChI=1S/C22H29N3O3/c1-2-3-4-5-6-7-10-15-24-21(27)19-20(26)17-12-8-9-13-18(17)25(22(19)28)16-11-14-23/h8-9,12-13,26H,2-7,10-11,15-16H2,1H3,(H,24,27). The summed E-state index contributed by atoms with van der Waals surface area (Å²) in [5.74, 6) is -0.865. The molecule has 0 fully saturated rings. The van der Waals surface area contributed by atoms with Crippen LogP contribution in [0.2, 0.25) is 0 Å². The number of nitrogens with zero attached hydrogens (tertiary/aromatic N) is 2. The number of nitriles is 1. The number of aromatic hydroxyl groups is 1. The summed E-state index contributed by atoms with van der Waals surface area (Å²) in [5.41, 5.74) is -0.299. The third-order valence-electron chi connectivity index (χ3n) is 4.89. The number of pyridine rings is 1. The predicted octanol–water partition coefficient (Wildman–Crippen LogP) is 4.10. The molecule has 150 valence electrons. The molecule has 0 bridgehead atoms. The smallest absolute Gasteiger partial charge is 0.267 e. The number of aromatic nitrogens is 1. The van der Waals surface area contributed by atoms with E-state index in [-0.39, 0.29) is 24.3 Å². The van der Waals surface area contributed by atoms with Gasteiger partial charge in [-0.25, -0.2) is 0 Å². The van der Waals surface area contributed by atoms with Crippen LogP contribution in [0, 0.1) is 11.3 Å². The highest BCUT2D eigenvalue weighted by molar-refractivity contribution is 6.02. The molecule has 0 radical (unpaired) electrons. The summed E-state index contributed by atoms with van der Waals surface area (Å²) >= 11 is 0. The molecule has 0 aliphatic carbocycles. The summed E-state index contributed by atoms with van der Waals surface area (Å²) in [6.07, 6.45) is 8.08. The number of hydrogen-bond acceptors (Lipinski definition) is 4. The lowest BCUT2D eigenvalue weighted by molar-refractivity contribution is 0.0948. The molecular weight excluding hydrogens is 354 g/mol. The van der Waals surface area contributed by atoms with Crippen molar-refractivity contribution in [3.8, 4) is 11.8 Å². The third-order valence-corrected chi connectivity index (χ3v) is 4.89. The molecule has 2 aromatic rings. The Balaban J connectivity index is 2.10. The molecule has 2 rings (SSSR count). The van der Waals surface area contributed by atoms with E-state index in [4.69, 9.17) is 5.26 Å². The van der Waals surface area contributed by atoms with Gasteiger partial charge in [-0.3, -0.25) is 9.59 Å². The Kier molecular flexibility index (Phi) is 8.54. The molecular formula is C22H29N3O3. The number of fused-ring (bicyclic) bond motifs is 1. The Labute approximate surface area is 165 Å². The second kappa shape index (κ2) is 11.1. The third kappa shape index (κ3) is 5.35. The number of carbonyl (C=O) groups excluding carboxylic acids is 1. The van der Waals surface area contributed by atoms with Gasteiger partial charge in [0.1, 0.15) is 11.3 Å². The molecule has 0 unspecified atom stereocenters. The van der Waals surface area contributed by atoms with Crippen molar-refractivity contribution in [2.45, 2.75) is 64.8 Å². The number of unbranched alkanes of at least 4 members (excludes halogenated alkanes) is 6. The van der Waals surface area contributed by atoms with Gasteiger partial charge in [0.05, 0.1) is 18.0 Å². The molecule has 1 aromatic heterocycles. The largest absolute Gasteiger partial charge is 0.506 e. The number of carbonyl (C=O) groups is 1. The Morgan fingerprint density at radius 3 is 2.54 bits per heavy atom. The quantitative estimate of drug-likeness (QED) is 0.571. The zero-order valence-corrected chi connectivity index (χ0v) is 16.5. The maximum absolute atomic E-state index is 12.8. The van der Waals surface area contributed by atoms with Crippen LogP contribution in [0.4, 0.5) is 0 Å². The molecule has 2 N–H and O–H groups in total. The molecule has 1 aromatic carbocycles. The van der Waals surface area contributed by atoms with Crippen molar-refractivity contribution >= 4 is 16.8 Å². The van der Waals surface area contributed by atoms with Crippen molar-refractivity contribution in [3.63, 3.8) is 0 Å². The molecule has 6 nitrogen and oxygen atoms in total. The number of hydrogen-bond donors (Lipinski definition) is 2. The molecule has 1 amide bonds. The average Bonchev–Trinajstić information content (AvgIpc) is 2.70. The van der Waals surface area contributed by atoms with Gasteiger partial charge in [-0.1, -0.05) is 57.6 Å². The van der Waals surface area contributed by atoms with Gasteiger partial charge in [0.15, 0.2) is 0 Å². The van der Waals surface area contributed by atoms with Crippen LogP contribution in [0.5, 0.6) is 5.75 Å². The molecule has 6 heteroatoms. The van der Waals surface area contributed by atoms with Gasteiger partial charge in [-0.15, -0.1) is 0 Å². The van der Waals surface area contributed by atoms with E-state index in [2.05, 4.69) is 12.2 Å². The lowest BCUT2D eigenvalue weighted by atomic mass is 10.1. The lowest BCUT2D eigenvalue weighted by Gasteiger charge is -2.14. The van der Waals surface area contributed by atoms with Gasteiger partial charge in [-0.2, -0.15) is 5.26 Å². The summed E-state index contributed by atoms with van der Waals surface area (Å²) in [6, 6.07) is 8.88. The van der Waals surface area contributed by atoms with E-state index in [9.17, 15) is 14.7 Å². The van der Waals surface area contributed by atoms with Gasteiger partial charge in [0.2, 0.25) is 0 Å². The normalized spacial score (nSPS) is 10.7. The summed E-state index contributed by atoms with van der Waals surface area (Å²) in [6.45, 7) is 2.83. The average molecular weight is 383 g/mol. The Bertz CT molecular complexity index is 896. The summed E-state index contributed by atoms with van der Waals surface area (Å²) in [7, 11) is 0. The van der Waals surface area contributed by atoms with Crippen molar-refractivity contribution in [3.05, 3.63) is 40.2 Å². The SMILES string of the molecule is CCCCCCCCCNC(=O)c1c(O)c2ccccc2n(CCC#N)c1=O. The van der Waals surface area contributed by atoms with Gasteiger partial charge in [0.25, 0.3) is 11.5 Å². The van der Waals surface area contributed by atoms with E-state index in [0.717, 1.165) is 19.3 Å². The van der Waals surface area contributed by atoms with Crippen LogP contribution >= 0.6 is 0 Å². The van der Waals surface area contributed by atoms with Crippen LogP contribution in [0.15, 0.2) is 29.1 Å². The monoisotopic (exact) mass is 383 g/mol. The summed E-state index contributed by atoms with van der Waals surface area (Å²) < 4.78 is 1.39. The highest BCUT2D eigenvalue weighted by atomic mass is 16.3. The van der Waals surface area contributed by atoms with Crippen molar-refractivity contribution in [1.29, 1.82) is 5.26 Å². The number of rotatable bonds is 11. The Morgan fingerprint density at radius 1 is 1.14 bits per heavy atom. The topological polar surface area (TPSA) is 95.1 Å². The number of benzene rings is 1. The Hall–Kier alpha value is -2.81. The lowest BCUT2D eigenvalue weighted by Crippen LogP contribution is -2.34. The van der Waals surface area contributed by atoms with Crippen LogP contribution in [0.25, 0.3) is 10.9 Å². The van der Waals surface area contributed by atoms with Gasteiger partial charge < -0.3 is 15.0 Å². The summed E-state index contributed by atoms with van der Waals surface area (Å²) in [5, 5.41) is 22.6. The maximum Gasteiger partial charge on any atom is 0.267 e. The van der Waals surface area contributed by atoms with Crippen LogP contribution in [0.3, 0.4) is 0 Å². The predicted molar refractivity (Wildman–Crippen MR) is 110 cm³/mol. The first-order valence-electron chi connectivity index (χ1n) is 10.1. The fourth-order valence-corrected chi connectivity index (χ4v) is 3.35. The number of nitrogens with one attached hydrogen (secondary N) is 1. The minimum Gasteiger partial charge on any atom is -0.506 e. The fraction of sp³-hybridized carbons (Fsp3) is 0.500. The van der Waals surface area contributed by atoms with E-state index >= 15 is 0 Å². The molecule has 0 aliphatic heterocycles. The van der Waals surface area contributed by atoms with Crippen LogP contribution in [0.1, 0.15) is 68.6 Å². The summed E-state index contributed by atoms with van der Waals surface area (Å²) in [4.78, 5) is 25.4. The molecule has 28 heavy (non-hydrogen) atoms.